The Hall–Kier alpha value is -3.07. The van der Waals surface area contributed by atoms with Gasteiger partial charge in [0.1, 0.15) is 12.4 Å². The highest BCUT2D eigenvalue weighted by molar-refractivity contribution is 14.1. The number of carbonyl (C=O) groups excluding carboxylic acids is 1. The summed E-state index contributed by atoms with van der Waals surface area (Å²) < 4.78 is 16.8. The molecule has 0 saturated heterocycles. The topological polar surface area (TPSA) is 69.9 Å². The maximum atomic E-state index is 14.2. The van der Waals surface area contributed by atoms with Crippen LogP contribution in [0.3, 0.4) is 0 Å². The Morgan fingerprint density at radius 3 is 2.27 bits per heavy atom. The van der Waals surface area contributed by atoms with E-state index in [1.54, 1.807) is 11.5 Å². The molecule has 1 atom stereocenters. The largest absolute Gasteiger partial charge is 0.487 e. The first-order valence-electron chi connectivity index (χ1n) is 14.0. The molecule has 0 N–H and O–H groups in total. The Balaban J connectivity index is 1.46. The molecule has 6 rings (SSSR count). The van der Waals surface area contributed by atoms with Crippen molar-refractivity contribution in [2.75, 3.05) is 6.61 Å². The van der Waals surface area contributed by atoms with Gasteiger partial charge in [0.15, 0.2) is 4.80 Å². The third kappa shape index (κ3) is 6.88. The molecule has 0 spiro atoms. The summed E-state index contributed by atoms with van der Waals surface area (Å²) in [7, 11) is 0. The zero-order valence-corrected chi connectivity index (χ0v) is 30.6. The predicted molar refractivity (Wildman–Crippen MR) is 198 cm³/mol. The van der Waals surface area contributed by atoms with Gasteiger partial charge in [0.2, 0.25) is 0 Å². The predicted octanol–water partition coefficient (Wildman–Crippen LogP) is 7.49. The molecule has 226 valence electrons. The minimum atomic E-state index is -0.700. The van der Waals surface area contributed by atoms with Crippen LogP contribution in [0, 0.1) is 7.14 Å². The van der Waals surface area contributed by atoms with Gasteiger partial charge in [0.25, 0.3) is 5.56 Å². The summed E-state index contributed by atoms with van der Waals surface area (Å²) in [6.45, 7) is 2.42. The first kappa shape index (κ1) is 31.9. The van der Waals surface area contributed by atoms with E-state index in [9.17, 15) is 9.59 Å². The van der Waals surface area contributed by atoms with Gasteiger partial charge in [-0.3, -0.25) is 9.36 Å². The van der Waals surface area contributed by atoms with Crippen molar-refractivity contribution < 1.29 is 14.3 Å². The number of hydrogen-bond donors (Lipinski definition) is 0. The second kappa shape index (κ2) is 14.1. The molecule has 0 radical (unpaired) electrons. The van der Waals surface area contributed by atoms with Crippen LogP contribution in [0.25, 0.3) is 11.8 Å². The summed E-state index contributed by atoms with van der Waals surface area (Å²) in [6, 6.07) is 30.5. The highest BCUT2D eigenvalue weighted by Gasteiger charge is 2.35. The molecule has 45 heavy (non-hydrogen) atoms. The van der Waals surface area contributed by atoms with Gasteiger partial charge in [-0.15, -0.1) is 0 Å². The quantitative estimate of drug-likeness (QED) is 0.120. The molecule has 0 unspecified atom stereocenters. The first-order chi connectivity index (χ1) is 21.8. The van der Waals surface area contributed by atoms with Gasteiger partial charge in [-0.25, -0.2) is 9.79 Å². The molecule has 0 fully saturated rings. The Morgan fingerprint density at radius 1 is 0.978 bits per heavy atom. The fraction of sp³-hybridized carbons (Fsp3) is 0.114. The molecule has 10 heteroatoms. The van der Waals surface area contributed by atoms with E-state index in [0.717, 1.165) is 39.6 Å². The minimum Gasteiger partial charge on any atom is -0.487 e. The molecule has 0 amide bonds. The van der Waals surface area contributed by atoms with Gasteiger partial charge >= 0.3 is 5.97 Å². The Labute approximate surface area is 299 Å². The average molecular weight is 903 g/mol. The van der Waals surface area contributed by atoms with E-state index in [1.165, 1.54) is 11.3 Å². The average Bonchev–Trinajstić information content (AvgIpc) is 3.35. The molecule has 5 aromatic rings. The van der Waals surface area contributed by atoms with Crippen LogP contribution in [0.15, 0.2) is 117 Å². The van der Waals surface area contributed by atoms with Crippen molar-refractivity contribution in [3.05, 3.63) is 156 Å². The number of halogens is 3. The van der Waals surface area contributed by atoms with Crippen molar-refractivity contribution in [2.24, 2.45) is 4.99 Å². The van der Waals surface area contributed by atoms with E-state index in [0.29, 0.717) is 27.2 Å². The SMILES string of the molecule is CCOC(=O)C1=C(c2ccccc2)N=c2s/c(=C\c3cc(I)c(OCc4ccc(Br)cc4)c(I)c3)c(=O)n2[C@H]1c1ccccc1. The van der Waals surface area contributed by atoms with Gasteiger partial charge in [0, 0.05) is 10.0 Å². The zero-order chi connectivity index (χ0) is 31.5. The number of ether oxygens (including phenoxy) is 2. The van der Waals surface area contributed by atoms with Gasteiger partial charge in [-0.05, 0) is 99.1 Å². The number of fused-ring (bicyclic) bond motifs is 1. The van der Waals surface area contributed by atoms with Gasteiger partial charge in [0.05, 0.1) is 35.6 Å². The summed E-state index contributed by atoms with van der Waals surface area (Å²) in [5, 5.41) is 0. The Bertz CT molecular complexity index is 2070. The van der Waals surface area contributed by atoms with E-state index >= 15 is 0 Å². The second-order valence-corrected chi connectivity index (χ2v) is 14.3. The van der Waals surface area contributed by atoms with E-state index in [2.05, 4.69) is 61.1 Å². The Morgan fingerprint density at radius 2 is 1.62 bits per heavy atom. The van der Waals surface area contributed by atoms with E-state index in [4.69, 9.17) is 14.5 Å². The lowest BCUT2D eigenvalue weighted by Crippen LogP contribution is -2.40. The molecule has 1 aliphatic rings. The van der Waals surface area contributed by atoms with Gasteiger partial charge < -0.3 is 9.47 Å². The third-order valence-electron chi connectivity index (χ3n) is 7.10. The lowest BCUT2D eigenvalue weighted by molar-refractivity contribution is -0.138. The number of thiazole rings is 1. The van der Waals surface area contributed by atoms with Crippen molar-refractivity contribution >= 4 is 90.2 Å². The molecule has 4 aromatic carbocycles. The third-order valence-corrected chi connectivity index (χ3v) is 10.2. The molecule has 6 nitrogen and oxygen atoms in total. The van der Waals surface area contributed by atoms with E-state index < -0.39 is 12.0 Å². The zero-order valence-electron chi connectivity index (χ0n) is 23.9. The molecule has 0 saturated carbocycles. The molecule has 1 aliphatic heterocycles. The maximum absolute atomic E-state index is 14.2. The van der Waals surface area contributed by atoms with Crippen molar-refractivity contribution in [3.63, 3.8) is 0 Å². The highest BCUT2D eigenvalue weighted by Crippen LogP contribution is 2.35. The number of benzene rings is 4. The van der Waals surface area contributed by atoms with Crippen molar-refractivity contribution in [2.45, 2.75) is 19.6 Å². The lowest BCUT2D eigenvalue weighted by Gasteiger charge is -2.25. The molecule has 0 bridgehead atoms. The lowest BCUT2D eigenvalue weighted by atomic mass is 9.93. The Kier molecular flexibility index (Phi) is 10.0. The van der Waals surface area contributed by atoms with Crippen molar-refractivity contribution in [3.8, 4) is 5.75 Å². The number of esters is 1. The van der Waals surface area contributed by atoms with E-state index in [-0.39, 0.29) is 12.2 Å². The van der Waals surface area contributed by atoms with Crippen LogP contribution >= 0.6 is 72.4 Å². The van der Waals surface area contributed by atoms with Crippen LogP contribution in [-0.4, -0.2) is 17.1 Å². The fourth-order valence-electron chi connectivity index (χ4n) is 5.08. The summed E-state index contributed by atoms with van der Waals surface area (Å²) >= 11 is 9.32. The van der Waals surface area contributed by atoms with Crippen LogP contribution in [0.5, 0.6) is 5.75 Å². The maximum Gasteiger partial charge on any atom is 0.338 e. The number of carbonyl (C=O) groups is 1. The molecule has 0 aliphatic carbocycles. The highest BCUT2D eigenvalue weighted by atomic mass is 127. The fourth-order valence-corrected chi connectivity index (χ4v) is 8.47. The summed E-state index contributed by atoms with van der Waals surface area (Å²) in [6.07, 6.45) is 1.88. The molecular formula is C35H25BrI2N2O4S. The van der Waals surface area contributed by atoms with Crippen molar-refractivity contribution in [1.82, 2.24) is 4.57 Å². The van der Waals surface area contributed by atoms with Crippen LogP contribution in [0.1, 0.15) is 35.2 Å². The molecule has 2 heterocycles. The number of hydrogen-bond acceptors (Lipinski definition) is 6. The van der Waals surface area contributed by atoms with Crippen LogP contribution in [-0.2, 0) is 16.1 Å². The molecular weight excluding hydrogens is 878 g/mol. The first-order valence-corrected chi connectivity index (χ1v) is 17.8. The van der Waals surface area contributed by atoms with Crippen LogP contribution in [0.2, 0.25) is 0 Å². The minimum absolute atomic E-state index is 0.205. The smallest absolute Gasteiger partial charge is 0.338 e. The van der Waals surface area contributed by atoms with E-state index in [1.807, 2.05) is 103 Å². The van der Waals surface area contributed by atoms with Crippen LogP contribution < -0.4 is 19.6 Å². The second-order valence-electron chi connectivity index (χ2n) is 10.1. The summed E-state index contributed by atoms with van der Waals surface area (Å²) in [5.74, 6) is 0.305. The van der Waals surface area contributed by atoms with Crippen molar-refractivity contribution in [1.29, 1.82) is 0 Å². The number of nitrogens with zero attached hydrogens (tertiary/aromatic N) is 2. The number of rotatable bonds is 8. The normalized spacial score (nSPS) is 14.6. The number of aromatic nitrogens is 1. The standard InChI is InChI=1S/C35H25BrI2N2O4S/c1-2-43-34(42)29-30(23-9-5-3-6-10-23)39-35-40(31(29)24-11-7-4-8-12-24)33(41)28(45-35)19-22-17-26(37)32(27(38)18-22)44-20-21-13-15-25(36)16-14-21/h3-19,31H,2,20H2,1H3/b28-19-/t31-/m0/s1. The van der Waals surface area contributed by atoms with Gasteiger partial charge in [-0.1, -0.05) is 100 Å². The van der Waals surface area contributed by atoms with Crippen LogP contribution in [0.4, 0.5) is 0 Å². The molecule has 1 aromatic heterocycles. The van der Waals surface area contributed by atoms with Gasteiger partial charge in [-0.2, -0.15) is 0 Å². The summed E-state index contributed by atoms with van der Waals surface area (Å²) in [4.78, 5) is 33.2. The monoisotopic (exact) mass is 902 g/mol. The summed E-state index contributed by atoms with van der Waals surface area (Å²) in [5.41, 5.74) is 4.14.